The summed E-state index contributed by atoms with van der Waals surface area (Å²) in [7, 11) is 0. The quantitative estimate of drug-likeness (QED) is 0.178. The fourth-order valence-electron chi connectivity index (χ4n) is 13.9. The molecule has 5 unspecified atom stereocenters. The molecule has 4 saturated carbocycles. The van der Waals surface area contributed by atoms with E-state index >= 15 is 0 Å². The van der Waals surface area contributed by atoms with Gasteiger partial charge >= 0.3 is 0 Å². The zero-order valence-electron chi connectivity index (χ0n) is 35.2. The van der Waals surface area contributed by atoms with E-state index in [4.69, 9.17) is 0 Å². The summed E-state index contributed by atoms with van der Waals surface area (Å²) in [6.45, 7) is 19.7. The lowest BCUT2D eigenvalue weighted by Crippen LogP contribution is -2.40. The number of rotatable bonds is 4. The predicted molar refractivity (Wildman–Crippen MR) is 236 cm³/mol. The highest BCUT2D eigenvalue weighted by Crippen LogP contribution is 2.74. The summed E-state index contributed by atoms with van der Waals surface area (Å²) in [5.74, 6) is 3.19. The van der Waals surface area contributed by atoms with Gasteiger partial charge in [0.25, 0.3) is 0 Å². The van der Waals surface area contributed by atoms with E-state index in [2.05, 4.69) is 163 Å². The van der Waals surface area contributed by atoms with Crippen LogP contribution in [0, 0.1) is 23.7 Å². The smallest absolute Gasteiger partial charge is 0.0465 e. The molecule has 1 nitrogen and oxygen atoms in total. The van der Waals surface area contributed by atoms with Crippen molar-refractivity contribution in [2.45, 2.75) is 134 Å². The van der Waals surface area contributed by atoms with Crippen LogP contribution in [0.15, 0.2) is 103 Å². The average Bonchev–Trinajstić information content (AvgIpc) is 3.73. The van der Waals surface area contributed by atoms with Gasteiger partial charge in [-0.2, -0.15) is 0 Å². The van der Waals surface area contributed by atoms with Crippen LogP contribution in [-0.4, -0.2) is 0 Å². The Labute approximate surface area is 337 Å². The molecular weight excluding hydrogens is 675 g/mol. The van der Waals surface area contributed by atoms with Gasteiger partial charge in [-0.1, -0.05) is 122 Å². The first-order valence-corrected chi connectivity index (χ1v) is 22.1. The molecule has 0 aromatic heterocycles. The predicted octanol–water partition coefficient (Wildman–Crippen LogP) is 14.9. The summed E-state index contributed by atoms with van der Waals surface area (Å²) in [4.78, 5) is 2.66. The number of hydrogen-bond acceptors (Lipinski definition) is 1. The van der Waals surface area contributed by atoms with Crippen LogP contribution in [0.1, 0.15) is 140 Å². The van der Waals surface area contributed by atoms with Crippen molar-refractivity contribution < 1.29 is 0 Å². The summed E-state index contributed by atoms with van der Waals surface area (Å²) >= 11 is 0. The number of benzene rings is 5. The minimum Gasteiger partial charge on any atom is -0.310 e. The van der Waals surface area contributed by atoms with Gasteiger partial charge < -0.3 is 4.90 Å². The van der Waals surface area contributed by atoms with Gasteiger partial charge in [-0.15, -0.1) is 0 Å². The molecule has 5 aromatic rings. The number of anilines is 3. The molecule has 7 aliphatic carbocycles. The van der Waals surface area contributed by atoms with Crippen molar-refractivity contribution in [3.63, 3.8) is 0 Å². The molecule has 286 valence electrons. The number of hydrogen-bond donors (Lipinski definition) is 0. The molecule has 1 spiro atoms. The van der Waals surface area contributed by atoms with Crippen LogP contribution >= 0.6 is 0 Å². The normalized spacial score (nSPS) is 28.8. The third kappa shape index (κ3) is 4.73. The molecule has 56 heavy (non-hydrogen) atoms. The molecule has 0 amide bonds. The third-order valence-corrected chi connectivity index (χ3v) is 17.0. The molecular formula is C55H61N. The van der Waals surface area contributed by atoms with E-state index in [1.54, 1.807) is 11.1 Å². The fourth-order valence-corrected chi connectivity index (χ4v) is 13.9. The van der Waals surface area contributed by atoms with Crippen molar-refractivity contribution >= 4 is 17.1 Å². The van der Waals surface area contributed by atoms with Gasteiger partial charge in [0, 0.05) is 22.5 Å². The first kappa shape index (κ1) is 35.1. The van der Waals surface area contributed by atoms with E-state index in [0.717, 1.165) is 17.8 Å². The molecule has 4 bridgehead atoms. The molecule has 0 radical (unpaired) electrons. The van der Waals surface area contributed by atoms with Crippen LogP contribution in [0.5, 0.6) is 0 Å². The van der Waals surface area contributed by atoms with Crippen molar-refractivity contribution in [3.8, 4) is 22.3 Å². The zero-order chi connectivity index (χ0) is 38.6. The van der Waals surface area contributed by atoms with Crippen molar-refractivity contribution in [1.29, 1.82) is 0 Å². The topological polar surface area (TPSA) is 3.24 Å². The van der Waals surface area contributed by atoms with Crippen LogP contribution in [0.2, 0.25) is 0 Å². The second-order valence-corrected chi connectivity index (χ2v) is 21.9. The second kappa shape index (κ2) is 11.5. The molecule has 0 saturated heterocycles. The number of nitrogens with zero attached hydrogens (tertiary/aromatic N) is 1. The maximum atomic E-state index is 2.71. The second-order valence-electron chi connectivity index (χ2n) is 21.9. The maximum Gasteiger partial charge on any atom is 0.0465 e. The highest BCUT2D eigenvalue weighted by Gasteiger charge is 2.66. The molecule has 0 heterocycles. The van der Waals surface area contributed by atoms with Crippen molar-refractivity contribution in [1.82, 2.24) is 0 Å². The number of fused-ring (bicyclic) bond motifs is 5. The van der Waals surface area contributed by atoms with Crippen molar-refractivity contribution in [2.75, 3.05) is 4.90 Å². The van der Waals surface area contributed by atoms with E-state index in [1.807, 2.05) is 0 Å². The molecule has 12 rings (SSSR count). The molecule has 7 aliphatic rings. The van der Waals surface area contributed by atoms with Crippen molar-refractivity contribution in [3.05, 3.63) is 137 Å². The summed E-state index contributed by atoms with van der Waals surface area (Å²) < 4.78 is 0. The Hall–Kier alpha value is -4.10. The van der Waals surface area contributed by atoms with E-state index in [-0.39, 0.29) is 27.1 Å². The lowest BCUT2D eigenvalue weighted by Gasteiger charge is -2.45. The van der Waals surface area contributed by atoms with Crippen molar-refractivity contribution in [2.24, 2.45) is 23.7 Å². The monoisotopic (exact) mass is 735 g/mol. The standard InChI is InChI=1S/C55H61N/c1-51(2)23-25-53(5,6)48-32-39(18-21-44(48)51)56(40-19-22-45-49(33-40)54(7,8)26-24-52(45,3)4)38-17-20-42-43-16-12-15-41(35-13-10-9-11-14-35)50(43)55(47(42)31-38)37-28-34-27-36(30-37)46(55)29-34/h9-22,31-34,36-37,46H,23-30H2,1-8H3. The molecule has 4 fully saturated rings. The highest BCUT2D eigenvalue weighted by atomic mass is 15.1. The van der Waals surface area contributed by atoms with Gasteiger partial charge in [-0.3, -0.25) is 0 Å². The van der Waals surface area contributed by atoms with Crippen LogP contribution in [0.25, 0.3) is 22.3 Å². The van der Waals surface area contributed by atoms with E-state index in [0.29, 0.717) is 5.92 Å². The maximum absolute atomic E-state index is 2.71. The van der Waals surface area contributed by atoms with Gasteiger partial charge in [0.15, 0.2) is 0 Å². The minimum atomic E-state index is 0.0696. The summed E-state index contributed by atoms with van der Waals surface area (Å²) in [6, 6.07) is 41.4. The SMILES string of the molecule is CC1(C)CCC(C)(C)c2cc(N(c3ccc4c(c3)C(C)(C)CCC4(C)C)c3ccc4c(c3)C3(c5c(-c6ccccc6)cccc5-4)C4CC5CC(C4)C3C5)ccc21. The summed E-state index contributed by atoms with van der Waals surface area (Å²) in [5.41, 5.74) is 19.8. The van der Waals surface area contributed by atoms with Crippen LogP contribution in [0.3, 0.4) is 0 Å². The fraction of sp³-hybridized carbons (Fsp3) is 0.455. The van der Waals surface area contributed by atoms with E-state index < -0.39 is 0 Å². The Balaban J connectivity index is 1.16. The van der Waals surface area contributed by atoms with Crippen LogP contribution in [-0.2, 0) is 27.1 Å². The summed E-state index contributed by atoms with van der Waals surface area (Å²) in [6.07, 6.45) is 10.5. The Bertz CT molecular complexity index is 2340. The lowest BCUT2D eigenvalue weighted by atomic mass is 9.58. The Kier molecular flexibility index (Phi) is 7.22. The molecule has 5 atom stereocenters. The molecule has 1 heteroatoms. The minimum absolute atomic E-state index is 0.0696. The van der Waals surface area contributed by atoms with Gasteiger partial charge in [0.05, 0.1) is 0 Å². The van der Waals surface area contributed by atoms with Gasteiger partial charge in [-0.25, -0.2) is 0 Å². The molecule has 5 aromatic carbocycles. The zero-order valence-corrected chi connectivity index (χ0v) is 35.2. The Morgan fingerprint density at radius 1 is 0.446 bits per heavy atom. The highest BCUT2D eigenvalue weighted by molar-refractivity contribution is 5.91. The van der Waals surface area contributed by atoms with Gasteiger partial charge in [0.1, 0.15) is 0 Å². The van der Waals surface area contributed by atoms with Crippen LogP contribution in [0.4, 0.5) is 17.1 Å². The largest absolute Gasteiger partial charge is 0.310 e. The Morgan fingerprint density at radius 3 is 1.57 bits per heavy atom. The first-order valence-electron chi connectivity index (χ1n) is 22.1. The average molecular weight is 736 g/mol. The first-order chi connectivity index (χ1) is 26.7. The third-order valence-electron chi connectivity index (χ3n) is 17.0. The lowest BCUT2D eigenvalue weighted by molar-refractivity contribution is 0.191. The van der Waals surface area contributed by atoms with E-state index in [9.17, 15) is 0 Å². The Morgan fingerprint density at radius 2 is 0.982 bits per heavy atom. The van der Waals surface area contributed by atoms with Crippen LogP contribution < -0.4 is 4.90 Å². The van der Waals surface area contributed by atoms with E-state index in [1.165, 1.54) is 113 Å². The molecule has 0 aliphatic heterocycles. The van der Waals surface area contributed by atoms with Gasteiger partial charge in [0.2, 0.25) is 0 Å². The summed E-state index contributed by atoms with van der Waals surface area (Å²) in [5, 5.41) is 0. The molecule has 0 N–H and O–H groups in total. The van der Waals surface area contributed by atoms with Gasteiger partial charge in [-0.05, 0) is 189 Å².